The number of hydrogen-bond acceptors (Lipinski definition) is 4. The first-order valence-electron chi connectivity index (χ1n) is 6.95. The number of morpholine rings is 1. The van der Waals surface area contributed by atoms with E-state index in [0.29, 0.717) is 6.04 Å². The van der Waals surface area contributed by atoms with Crippen molar-refractivity contribution >= 4 is 0 Å². The lowest BCUT2D eigenvalue weighted by Gasteiger charge is -2.36. The third-order valence-corrected chi connectivity index (χ3v) is 4.14. The quantitative estimate of drug-likeness (QED) is 0.771. The minimum absolute atomic E-state index is 0.567. The van der Waals surface area contributed by atoms with Crippen LogP contribution in [0.2, 0.25) is 0 Å². The van der Waals surface area contributed by atoms with E-state index in [4.69, 9.17) is 4.74 Å². The van der Waals surface area contributed by atoms with Crippen molar-refractivity contribution in [3.8, 4) is 0 Å². The summed E-state index contributed by atoms with van der Waals surface area (Å²) in [5.41, 5.74) is 0. The van der Waals surface area contributed by atoms with Crippen molar-refractivity contribution in [2.75, 3.05) is 53.5 Å². The van der Waals surface area contributed by atoms with Crippen LogP contribution in [0, 0.1) is 0 Å². The predicted molar refractivity (Wildman–Crippen MR) is 70.4 cm³/mol. The van der Waals surface area contributed by atoms with Crippen LogP contribution >= 0.6 is 0 Å². The van der Waals surface area contributed by atoms with Crippen LogP contribution in [0.25, 0.3) is 0 Å². The highest BCUT2D eigenvalue weighted by atomic mass is 16.5. The minimum Gasteiger partial charge on any atom is -0.379 e. The summed E-state index contributed by atoms with van der Waals surface area (Å²) in [4.78, 5) is 4.98. The second kappa shape index (κ2) is 6.69. The van der Waals surface area contributed by atoms with Crippen molar-refractivity contribution in [3.63, 3.8) is 0 Å². The highest BCUT2D eigenvalue weighted by molar-refractivity contribution is 4.78. The molecule has 0 saturated carbocycles. The molecule has 2 heterocycles. The van der Waals surface area contributed by atoms with Crippen molar-refractivity contribution in [1.29, 1.82) is 0 Å². The average molecular weight is 241 g/mol. The maximum atomic E-state index is 5.49. The van der Waals surface area contributed by atoms with Crippen LogP contribution in [0.5, 0.6) is 0 Å². The van der Waals surface area contributed by atoms with Gasteiger partial charge in [-0.05, 0) is 53.0 Å². The van der Waals surface area contributed by atoms with E-state index >= 15 is 0 Å². The van der Waals surface area contributed by atoms with Crippen LogP contribution in [-0.4, -0.2) is 75.4 Å². The van der Waals surface area contributed by atoms with Crippen LogP contribution in [0.4, 0.5) is 0 Å². The molecule has 2 aliphatic heterocycles. The van der Waals surface area contributed by atoms with Gasteiger partial charge in [0, 0.05) is 18.6 Å². The predicted octanol–water partition coefficient (Wildman–Crippen LogP) is 0.391. The summed E-state index contributed by atoms with van der Waals surface area (Å²) in [5, 5.41) is 3.52. The van der Waals surface area contributed by atoms with Gasteiger partial charge in [0.25, 0.3) is 0 Å². The van der Waals surface area contributed by atoms with Crippen molar-refractivity contribution in [1.82, 2.24) is 15.1 Å². The first kappa shape index (κ1) is 13.3. The lowest BCUT2D eigenvalue weighted by atomic mass is 10.0. The minimum atomic E-state index is 0.567. The molecule has 4 nitrogen and oxygen atoms in total. The number of likely N-dealkylation sites (tertiary alicyclic amines) is 1. The molecular weight excluding hydrogens is 214 g/mol. The van der Waals surface area contributed by atoms with E-state index in [9.17, 15) is 0 Å². The van der Waals surface area contributed by atoms with Gasteiger partial charge in [0.2, 0.25) is 0 Å². The highest BCUT2D eigenvalue weighted by Gasteiger charge is 2.21. The fourth-order valence-electron chi connectivity index (χ4n) is 2.78. The second-order valence-electron chi connectivity index (χ2n) is 5.53. The molecule has 0 aromatic carbocycles. The molecule has 0 radical (unpaired) electrons. The van der Waals surface area contributed by atoms with Gasteiger partial charge in [-0.3, -0.25) is 0 Å². The van der Waals surface area contributed by atoms with E-state index < -0.39 is 0 Å². The fraction of sp³-hybridized carbons (Fsp3) is 1.00. The first-order valence-corrected chi connectivity index (χ1v) is 6.95. The van der Waals surface area contributed by atoms with Gasteiger partial charge in [-0.25, -0.2) is 0 Å². The highest BCUT2D eigenvalue weighted by Crippen LogP contribution is 2.14. The van der Waals surface area contributed by atoms with Gasteiger partial charge < -0.3 is 19.9 Å². The summed E-state index contributed by atoms with van der Waals surface area (Å²) < 4.78 is 5.49. The molecule has 0 aromatic rings. The fourth-order valence-corrected chi connectivity index (χ4v) is 2.78. The van der Waals surface area contributed by atoms with Crippen molar-refractivity contribution in [2.45, 2.75) is 31.3 Å². The largest absolute Gasteiger partial charge is 0.379 e. The summed E-state index contributed by atoms with van der Waals surface area (Å²) in [6, 6.07) is 1.35. The molecule has 100 valence electrons. The van der Waals surface area contributed by atoms with Gasteiger partial charge in [0.1, 0.15) is 0 Å². The van der Waals surface area contributed by atoms with Crippen LogP contribution in [0.15, 0.2) is 0 Å². The normalized spacial score (nSPS) is 28.8. The number of hydrogen-bond donors (Lipinski definition) is 1. The summed E-state index contributed by atoms with van der Waals surface area (Å²) in [6.07, 6.45) is 3.85. The van der Waals surface area contributed by atoms with Crippen LogP contribution < -0.4 is 5.32 Å². The molecule has 0 aliphatic carbocycles. The van der Waals surface area contributed by atoms with E-state index in [0.717, 1.165) is 25.8 Å². The Morgan fingerprint density at radius 2 is 2.12 bits per heavy atom. The number of nitrogens with zero attached hydrogens (tertiary/aromatic N) is 2. The molecular formula is C13H27N3O. The van der Waals surface area contributed by atoms with Gasteiger partial charge in [-0.15, -0.1) is 0 Å². The second-order valence-corrected chi connectivity index (χ2v) is 5.53. The maximum Gasteiger partial charge on any atom is 0.0620 e. The molecule has 2 fully saturated rings. The maximum absolute atomic E-state index is 5.49. The van der Waals surface area contributed by atoms with Crippen molar-refractivity contribution < 1.29 is 4.74 Å². The average Bonchev–Trinajstić information content (AvgIpc) is 2.38. The van der Waals surface area contributed by atoms with E-state index in [2.05, 4.69) is 29.2 Å². The van der Waals surface area contributed by atoms with Crippen LogP contribution in [-0.2, 0) is 4.74 Å². The topological polar surface area (TPSA) is 27.7 Å². The molecule has 1 unspecified atom stereocenters. The van der Waals surface area contributed by atoms with Crippen LogP contribution in [0.1, 0.15) is 19.3 Å². The Labute approximate surface area is 105 Å². The number of nitrogens with one attached hydrogen (secondary N) is 1. The Bertz CT molecular complexity index is 211. The van der Waals surface area contributed by atoms with Gasteiger partial charge in [-0.1, -0.05) is 0 Å². The molecule has 0 spiro atoms. The van der Waals surface area contributed by atoms with Gasteiger partial charge in [-0.2, -0.15) is 0 Å². The molecule has 1 atom stereocenters. The lowest BCUT2D eigenvalue weighted by Crippen LogP contribution is -2.46. The van der Waals surface area contributed by atoms with E-state index in [1.807, 2.05) is 0 Å². The van der Waals surface area contributed by atoms with Gasteiger partial charge >= 0.3 is 0 Å². The number of ether oxygens (including phenoxy) is 1. The third-order valence-electron chi connectivity index (χ3n) is 4.14. The van der Waals surface area contributed by atoms with Crippen molar-refractivity contribution in [2.24, 2.45) is 0 Å². The summed E-state index contributed by atoms with van der Waals surface area (Å²) >= 11 is 0. The molecule has 2 saturated heterocycles. The standard InChI is InChI=1S/C13H27N3O/c1-15-7-4-13(5-8-15)16(2)9-3-12-11-17-10-6-14-12/h12-14H,3-11H2,1-2H3. The summed E-state index contributed by atoms with van der Waals surface area (Å²) in [5.74, 6) is 0. The Balaban J connectivity index is 1.64. The smallest absolute Gasteiger partial charge is 0.0620 e. The van der Waals surface area contributed by atoms with Crippen molar-refractivity contribution in [3.05, 3.63) is 0 Å². The molecule has 2 rings (SSSR count). The van der Waals surface area contributed by atoms with E-state index in [-0.39, 0.29) is 0 Å². The molecule has 1 N–H and O–H groups in total. The molecule has 4 heteroatoms. The molecule has 2 aliphatic rings. The Hall–Kier alpha value is -0.160. The number of piperidine rings is 1. The van der Waals surface area contributed by atoms with E-state index in [1.54, 1.807) is 0 Å². The monoisotopic (exact) mass is 241 g/mol. The zero-order valence-corrected chi connectivity index (χ0v) is 11.3. The molecule has 0 amide bonds. The molecule has 0 bridgehead atoms. The van der Waals surface area contributed by atoms with Crippen LogP contribution in [0.3, 0.4) is 0 Å². The third kappa shape index (κ3) is 4.21. The molecule has 0 aromatic heterocycles. The Kier molecular flexibility index (Phi) is 5.22. The first-order chi connectivity index (χ1) is 8.25. The van der Waals surface area contributed by atoms with Gasteiger partial charge in [0.15, 0.2) is 0 Å². The molecule has 17 heavy (non-hydrogen) atoms. The lowest BCUT2D eigenvalue weighted by molar-refractivity contribution is 0.0663. The Morgan fingerprint density at radius 1 is 1.35 bits per heavy atom. The zero-order chi connectivity index (χ0) is 12.1. The Morgan fingerprint density at radius 3 is 2.76 bits per heavy atom. The van der Waals surface area contributed by atoms with Gasteiger partial charge in [0.05, 0.1) is 13.2 Å². The SMILES string of the molecule is CN1CCC(N(C)CCC2COCCN2)CC1. The summed E-state index contributed by atoms with van der Waals surface area (Å²) in [7, 11) is 4.50. The number of rotatable bonds is 4. The zero-order valence-electron chi connectivity index (χ0n) is 11.3. The summed E-state index contributed by atoms with van der Waals surface area (Å²) in [6.45, 7) is 6.47. The van der Waals surface area contributed by atoms with E-state index in [1.165, 1.54) is 38.9 Å².